The quantitative estimate of drug-likeness (QED) is 0.663. The molecule has 0 aromatic heterocycles. The van der Waals surface area contributed by atoms with Gasteiger partial charge in [0.25, 0.3) is 0 Å². The van der Waals surface area contributed by atoms with Crippen LogP contribution in [0, 0.1) is 26.7 Å². The van der Waals surface area contributed by atoms with E-state index in [4.69, 9.17) is 23.2 Å². The maximum Gasteiger partial charge on any atom is 0.228 e. The van der Waals surface area contributed by atoms with Gasteiger partial charge in [0, 0.05) is 34.4 Å². The number of hydrogen-bond donors (Lipinski definition) is 1. The fourth-order valence-electron chi connectivity index (χ4n) is 3.96. The van der Waals surface area contributed by atoms with Gasteiger partial charge in [-0.2, -0.15) is 0 Å². The van der Waals surface area contributed by atoms with E-state index >= 15 is 0 Å². The van der Waals surface area contributed by atoms with Crippen molar-refractivity contribution in [1.29, 1.82) is 0 Å². The average molecular weight is 469 g/mol. The molecule has 0 saturated carbocycles. The Morgan fingerprint density at radius 1 is 1.13 bits per heavy atom. The molecule has 1 aliphatic rings. The molecule has 0 aliphatic carbocycles. The molecule has 3 rings (SSSR count). The number of nitrogens with zero attached hydrogens (tertiary/aromatic N) is 1. The summed E-state index contributed by atoms with van der Waals surface area (Å²) >= 11 is 12.3. The van der Waals surface area contributed by atoms with Crippen molar-refractivity contribution in [2.75, 3.05) is 18.4 Å². The second kappa shape index (κ2) is 9.27. The van der Waals surface area contributed by atoms with Gasteiger partial charge in [-0.25, -0.2) is 12.7 Å². The third-order valence-electron chi connectivity index (χ3n) is 5.46. The number of benzene rings is 2. The zero-order valence-electron chi connectivity index (χ0n) is 17.3. The van der Waals surface area contributed by atoms with Crippen molar-refractivity contribution in [3.05, 3.63) is 62.6 Å². The van der Waals surface area contributed by atoms with Gasteiger partial charge in [0.05, 0.1) is 11.7 Å². The highest BCUT2D eigenvalue weighted by atomic mass is 35.5. The zero-order valence-corrected chi connectivity index (χ0v) is 19.7. The number of piperidine rings is 1. The number of amides is 1. The lowest BCUT2D eigenvalue weighted by molar-refractivity contribution is -0.120. The molecule has 5 nitrogen and oxygen atoms in total. The van der Waals surface area contributed by atoms with Crippen molar-refractivity contribution in [3.8, 4) is 0 Å². The minimum Gasteiger partial charge on any atom is -0.325 e. The summed E-state index contributed by atoms with van der Waals surface area (Å²) in [5, 5.41) is 3.66. The number of halogens is 2. The van der Waals surface area contributed by atoms with Gasteiger partial charge in [0.1, 0.15) is 0 Å². The molecular formula is C22H26Cl2N2O3S. The summed E-state index contributed by atoms with van der Waals surface area (Å²) in [7, 11) is -3.66. The number of sulfonamides is 1. The molecule has 0 radical (unpaired) electrons. The second-order valence-electron chi connectivity index (χ2n) is 7.92. The number of carbonyl (C=O) groups excluding carboxylic acids is 1. The molecule has 1 atom stereocenters. The van der Waals surface area contributed by atoms with Gasteiger partial charge in [0.15, 0.2) is 0 Å². The molecule has 2 aromatic carbocycles. The fourth-order valence-corrected chi connectivity index (χ4v) is 6.32. The fraction of sp³-hybridized carbons (Fsp3) is 0.409. The van der Waals surface area contributed by atoms with E-state index < -0.39 is 15.9 Å². The SMILES string of the molecule is Cc1cc(C)c(NC(=O)[C@H]2CCCN(S(=O)(=O)Cc3c(Cl)cccc3Cl)C2)c(C)c1. The Morgan fingerprint density at radius 3 is 2.33 bits per heavy atom. The summed E-state index contributed by atoms with van der Waals surface area (Å²) in [5.74, 6) is -0.841. The molecule has 162 valence electrons. The summed E-state index contributed by atoms with van der Waals surface area (Å²) in [6.07, 6.45) is 1.27. The molecule has 8 heteroatoms. The molecule has 1 heterocycles. The van der Waals surface area contributed by atoms with Gasteiger partial charge < -0.3 is 5.32 Å². The summed E-state index contributed by atoms with van der Waals surface area (Å²) in [6.45, 7) is 6.47. The second-order valence-corrected chi connectivity index (χ2v) is 10.7. The first-order chi connectivity index (χ1) is 14.1. The van der Waals surface area contributed by atoms with Crippen molar-refractivity contribution in [3.63, 3.8) is 0 Å². The third kappa shape index (κ3) is 5.17. The minimum absolute atomic E-state index is 0.152. The standard InChI is InChI=1S/C22H26Cl2N2O3S/c1-14-10-15(2)21(16(3)11-14)25-22(27)17-6-5-9-26(12-17)30(28,29)13-18-19(23)7-4-8-20(18)24/h4,7-8,10-11,17H,5-6,9,12-13H2,1-3H3,(H,25,27)/t17-/m0/s1. The van der Waals surface area contributed by atoms with Crippen molar-refractivity contribution >= 4 is 44.8 Å². The van der Waals surface area contributed by atoms with Gasteiger partial charge in [0.2, 0.25) is 15.9 Å². The van der Waals surface area contributed by atoms with Crippen LogP contribution in [-0.2, 0) is 20.6 Å². The van der Waals surface area contributed by atoms with Crippen LogP contribution in [0.1, 0.15) is 35.1 Å². The molecule has 1 amide bonds. The zero-order chi connectivity index (χ0) is 22.1. The van der Waals surface area contributed by atoms with Crippen molar-refractivity contribution < 1.29 is 13.2 Å². The smallest absolute Gasteiger partial charge is 0.228 e. The number of aryl methyl sites for hydroxylation is 3. The number of nitrogens with one attached hydrogen (secondary N) is 1. The number of carbonyl (C=O) groups is 1. The van der Waals surface area contributed by atoms with Gasteiger partial charge >= 0.3 is 0 Å². The predicted molar refractivity (Wildman–Crippen MR) is 123 cm³/mol. The summed E-state index contributed by atoms with van der Waals surface area (Å²) in [6, 6.07) is 8.96. The van der Waals surface area contributed by atoms with Crippen LogP contribution in [0.4, 0.5) is 5.69 Å². The summed E-state index contributed by atoms with van der Waals surface area (Å²) in [4.78, 5) is 12.9. The summed E-state index contributed by atoms with van der Waals surface area (Å²) in [5.41, 5.74) is 4.31. The molecule has 0 unspecified atom stereocenters. The summed E-state index contributed by atoms with van der Waals surface area (Å²) < 4.78 is 27.4. The topological polar surface area (TPSA) is 66.5 Å². The Bertz CT molecular complexity index is 1030. The third-order valence-corrected chi connectivity index (χ3v) is 7.94. The van der Waals surface area contributed by atoms with E-state index in [0.717, 1.165) is 22.4 Å². The van der Waals surface area contributed by atoms with E-state index in [1.54, 1.807) is 18.2 Å². The van der Waals surface area contributed by atoms with E-state index in [0.29, 0.717) is 35.0 Å². The van der Waals surface area contributed by atoms with Gasteiger partial charge in [-0.3, -0.25) is 4.79 Å². The Hall–Kier alpha value is -1.60. The monoisotopic (exact) mass is 468 g/mol. The molecule has 1 saturated heterocycles. The van der Waals surface area contributed by atoms with Crippen LogP contribution in [0.5, 0.6) is 0 Å². The first kappa shape index (κ1) is 23.1. The van der Waals surface area contributed by atoms with Gasteiger partial charge in [-0.05, 0) is 56.9 Å². The highest BCUT2D eigenvalue weighted by molar-refractivity contribution is 7.88. The molecule has 0 spiro atoms. The van der Waals surface area contributed by atoms with Crippen molar-refractivity contribution in [2.24, 2.45) is 5.92 Å². The molecular weight excluding hydrogens is 443 g/mol. The molecule has 0 bridgehead atoms. The van der Waals surface area contributed by atoms with E-state index in [9.17, 15) is 13.2 Å². The van der Waals surface area contributed by atoms with Gasteiger partial charge in [-0.15, -0.1) is 0 Å². The van der Waals surface area contributed by atoms with Crippen LogP contribution in [0.15, 0.2) is 30.3 Å². The van der Waals surface area contributed by atoms with E-state index in [1.165, 1.54) is 4.31 Å². The first-order valence-electron chi connectivity index (χ1n) is 9.88. The van der Waals surface area contributed by atoms with Crippen LogP contribution in [0.25, 0.3) is 0 Å². The minimum atomic E-state index is -3.66. The lowest BCUT2D eigenvalue weighted by Crippen LogP contribution is -2.44. The number of hydrogen-bond acceptors (Lipinski definition) is 3. The Balaban J connectivity index is 1.74. The number of rotatable bonds is 5. The van der Waals surface area contributed by atoms with E-state index in [2.05, 4.69) is 5.32 Å². The first-order valence-corrected chi connectivity index (χ1v) is 12.2. The highest BCUT2D eigenvalue weighted by Gasteiger charge is 2.33. The van der Waals surface area contributed by atoms with E-state index in [1.807, 2.05) is 32.9 Å². The lowest BCUT2D eigenvalue weighted by atomic mass is 9.98. The van der Waals surface area contributed by atoms with Crippen LogP contribution in [0.3, 0.4) is 0 Å². The predicted octanol–water partition coefficient (Wildman–Crippen LogP) is 5.10. The van der Waals surface area contributed by atoms with Crippen LogP contribution >= 0.6 is 23.2 Å². The van der Waals surface area contributed by atoms with Crippen LogP contribution in [0.2, 0.25) is 10.0 Å². The molecule has 30 heavy (non-hydrogen) atoms. The van der Waals surface area contributed by atoms with Crippen molar-refractivity contribution in [2.45, 2.75) is 39.4 Å². The Labute approximate surface area is 188 Å². The maximum atomic E-state index is 13.0. The van der Waals surface area contributed by atoms with Crippen molar-refractivity contribution in [1.82, 2.24) is 4.31 Å². The van der Waals surface area contributed by atoms with E-state index in [-0.39, 0.29) is 18.2 Å². The maximum absolute atomic E-state index is 13.0. The number of anilines is 1. The molecule has 1 aliphatic heterocycles. The van der Waals surface area contributed by atoms with Gasteiger partial charge in [-0.1, -0.05) is 47.0 Å². The average Bonchev–Trinajstić information content (AvgIpc) is 2.67. The molecule has 1 fully saturated rings. The Morgan fingerprint density at radius 2 is 1.73 bits per heavy atom. The largest absolute Gasteiger partial charge is 0.325 e. The normalized spacial score (nSPS) is 17.7. The van der Waals surface area contributed by atoms with Crippen LogP contribution in [-0.4, -0.2) is 31.7 Å². The van der Waals surface area contributed by atoms with Crippen LogP contribution < -0.4 is 5.32 Å². The Kier molecular flexibility index (Phi) is 7.13. The highest BCUT2D eigenvalue weighted by Crippen LogP contribution is 2.30. The molecule has 1 N–H and O–H groups in total. The lowest BCUT2D eigenvalue weighted by Gasteiger charge is -2.31. The molecule has 2 aromatic rings.